The largest absolute Gasteiger partial charge is 0.375 e. The van der Waals surface area contributed by atoms with Crippen molar-refractivity contribution in [3.05, 3.63) is 29.8 Å². The first kappa shape index (κ1) is 16.4. The highest BCUT2D eigenvalue weighted by Gasteiger charge is 2.33. The van der Waals surface area contributed by atoms with E-state index in [1.807, 2.05) is 33.0 Å². The zero-order valence-electron chi connectivity index (χ0n) is 12.9. The van der Waals surface area contributed by atoms with Gasteiger partial charge in [0.2, 0.25) is 10.0 Å². The monoisotopic (exact) mass is 312 g/mol. The molecule has 118 valence electrons. The van der Waals surface area contributed by atoms with E-state index < -0.39 is 10.0 Å². The fourth-order valence-electron chi connectivity index (χ4n) is 2.44. The van der Waals surface area contributed by atoms with Gasteiger partial charge in [-0.3, -0.25) is 0 Å². The van der Waals surface area contributed by atoms with E-state index in [2.05, 4.69) is 5.32 Å². The molecule has 0 bridgehead atoms. The predicted octanol–water partition coefficient (Wildman–Crippen LogP) is 1.25. The molecule has 0 aromatic heterocycles. The van der Waals surface area contributed by atoms with Gasteiger partial charge in [0.25, 0.3) is 0 Å². The lowest BCUT2D eigenvalue weighted by atomic mass is 10.1. The summed E-state index contributed by atoms with van der Waals surface area (Å²) in [5, 5.41) is 3.08. The molecule has 0 amide bonds. The second kappa shape index (κ2) is 6.87. The van der Waals surface area contributed by atoms with Crippen LogP contribution in [0.1, 0.15) is 19.4 Å². The van der Waals surface area contributed by atoms with Gasteiger partial charge in [0.1, 0.15) is 0 Å². The lowest BCUT2D eigenvalue weighted by molar-refractivity contribution is -0.0170. The topological polar surface area (TPSA) is 58.6 Å². The van der Waals surface area contributed by atoms with Crippen molar-refractivity contribution < 1.29 is 13.2 Å². The van der Waals surface area contributed by atoms with Gasteiger partial charge in [-0.05, 0) is 51.6 Å². The Morgan fingerprint density at radius 2 is 1.95 bits per heavy atom. The number of nitrogens with one attached hydrogen (secondary N) is 1. The Labute approximate surface area is 127 Å². The molecule has 2 unspecified atom stereocenters. The molecule has 0 spiro atoms. The minimum Gasteiger partial charge on any atom is -0.375 e. The van der Waals surface area contributed by atoms with E-state index in [9.17, 15) is 8.42 Å². The van der Waals surface area contributed by atoms with Gasteiger partial charge >= 0.3 is 0 Å². The van der Waals surface area contributed by atoms with E-state index in [4.69, 9.17) is 4.74 Å². The minimum atomic E-state index is -3.44. The molecule has 2 rings (SSSR count). The zero-order valence-corrected chi connectivity index (χ0v) is 13.7. The maximum absolute atomic E-state index is 12.7. The molecular formula is C15H24N2O3S. The second-order valence-corrected chi connectivity index (χ2v) is 7.46. The summed E-state index contributed by atoms with van der Waals surface area (Å²) < 4.78 is 32.5. The number of hydrogen-bond donors (Lipinski definition) is 1. The molecule has 1 saturated heterocycles. The summed E-state index contributed by atoms with van der Waals surface area (Å²) in [6.07, 6.45) is 0.827. The highest BCUT2D eigenvalue weighted by atomic mass is 32.2. The predicted molar refractivity (Wildman–Crippen MR) is 82.8 cm³/mol. The fraction of sp³-hybridized carbons (Fsp3) is 0.600. The van der Waals surface area contributed by atoms with Gasteiger partial charge in [0.05, 0.1) is 17.6 Å². The fourth-order valence-corrected chi connectivity index (χ4v) is 4.13. The van der Waals surface area contributed by atoms with Gasteiger partial charge in [-0.2, -0.15) is 4.31 Å². The number of benzene rings is 1. The van der Waals surface area contributed by atoms with Crippen LogP contribution >= 0.6 is 0 Å². The first-order valence-electron chi connectivity index (χ1n) is 7.32. The minimum absolute atomic E-state index is 0.0640. The van der Waals surface area contributed by atoms with Crippen molar-refractivity contribution >= 4 is 10.0 Å². The number of ether oxygens (including phenoxy) is 1. The van der Waals surface area contributed by atoms with E-state index in [0.717, 1.165) is 18.5 Å². The van der Waals surface area contributed by atoms with Crippen LogP contribution in [0.4, 0.5) is 0 Å². The summed E-state index contributed by atoms with van der Waals surface area (Å²) in [6, 6.07) is 7.05. The molecule has 1 aliphatic heterocycles. The van der Waals surface area contributed by atoms with Crippen LogP contribution in [0.3, 0.4) is 0 Å². The van der Waals surface area contributed by atoms with Crippen LogP contribution in [0.5, 0.6) is 0 Å². The van der Waals surface area contributed by atoms with Crippen LogP contribution in [0, 0.1) is 0 Å². The van der Waals surface area contributed by atoms with Crippen molar-refractivity contribution in [3.63, 3.8) is 0 Å². The average molecular weight is 312 g/mol. The van der Waals surface area contributed by atoms with Gasteiger partial charge in [-0.15, -0.1) is 0 Å². The molecule has 1 aliphatic rings. The van der Waals surface area contributed by atoms with E-state index >= 15 is 0 Å². The maximum Gasteiger partial charge on any atom is 0.243 e. The Morgan fingerprint density at radius 1 is 1.29 bits per heavy atom. The van der Waals surface area contributed by atoms with Crippen molar-refractivity contribution in [2.45, 2.75) is 37.3 Å². The molecule has 1 heterocycles. The first-order valence-corrected chi connectivity index (χ1v) is 8.76. The molecule has 0 saturated carbocycles. The molecule has 21 heavy (non-hydrogen) atoms. The number of nitrogens with zero attached hydrogens (tertiary/aromatic N) is 1. The van der Waals surface area contributed by atoms with Gasteiger partial charge in [-0.1, -0.05) is 12.1 Å². The van der Waals surface area contributed by atoms with Gasteiger partial charge in [-0.25, -0.2) is 8.42 Å². The van der Waals surface area contributed by atoms with Crippen molar-refractivity contribution in [2.24, 2.45) is 0 Å². The van der Waals surface area contributed by atoms with E-state index in [0.29, 0.717) is 18.0 Å². The smallest absolute Gasteiger partial charge is 0.243 e. The van der Waals surface area contributed by atoms with Crippen molar-refractivity contribution in [3.8, 4) is 0 Å². The molecule has 5 nitrogen and oxygen atoms in total. The van der Waals surface area contributed by atoms with E-state index in [-0.39, 0.29) is 12.1 Å². The quantitative estimate of drug-likeness (QED) is 0.889. The van der Waals surface area contributed by atoms with Crippen molar-refractivity contribution in [1.82, 2.24) is 9.62 Å². The number of rotatable bonds is 5. The number of morpholine rings is 1. The number of likely N-dealkylation sites (N-methyl/N-ethyl adjacent to an activating group) is 1. The van der Waals surface area contributed by atoms with Crippen LogP contribution in [-0.4, -0.2) is 51.6 Å². The van der Waals surface area contributed by atoms with Gasteiger partial charge in [0, 0.05) is 12.6 Å². The summed E-state index contributed by atoms with van der Waals surface area (Å²) in [5.41, 5.74) is 1.13. The van der Waals surface area contributed by atoms with Crippen LogP contribution in [0.15, 0.2) is 29.2 Å². The number of sulfonamides is 1. The molecule has 1 aromatic rings. The molecule has 1 aromatic carbocycles. The highest BCUT2D eigenvalue weighted by molar-refractivity contribution is 7.89. The second-order valence-electron chi connectivity index (χ2n) is 5.57. The van der Waals surface area contributed by atoms with Crippen LogP contribution < -0.4 is 5.32 Å². The lowest BCUT2D eigenvalue weighted by Crippen LogP contribution is -2.50. The standard InChI is InChI=1S/C15H24N2O3S/c1-12-11-20-13(2)10-17(12)21(18,19)15-6-4-14(5-7-15)8-9-16-3/h4-7,12-13,16H,8-11H2,1-3H3. The third-order valence-corrected chi connectivity index (χ3v) is 5.74. The molecule has 0 aliphatic carbocycles. The van der Waals surface area contributed by atoms with Crippen LogP contribution in [0.2, 0.25) is 0 Å². The van der Waals surface area contributed by atoms with Crippen molar-refractivity contribution in [1.29, 1.82) is 0 Å². The van der Waals surface area contributed by atoms with Crippen LogP contribution in [0.25, 0.3) is 0 Å². The molecule has 6 heteroatoms. The SMILES string of the molecule is CNCCc1ccc(S(=O)(=O)N2CC(C)OCC2C)cc1. The summed E-state index contributed by atoms with van der Waals surface area (Å²) in [7, 11) is -1.54. The third-order valence-electron chi connectivity index (χ3n) is 3.74. The molecule has 0 radical (unpaired) electrons. The van der Waals surface area contributed by atoms with Gasteiger partial charge < -0.3 is 10.1 Å². The Hall–Kier alpha value is -0.950. The average Bonchev–Trinajstić information content (AvgIpc) is 2.48. The Kier molecular flexibility index (Phi) is 5.37. The van der Waals surface area contributed by atoms with Crippen LogP contribution in [-0.2, 0) is 21.2 Å². The molecular weight excluding hydrogens is 288 g/mol. The zero-order chi connectivity index (χ0) is 15.5. The Balaban J connectivity index is 2.18. The molecule has 1 fully saturated rings. The third kappa shape index (κ3) is 3.83. The van der Waals surface area contributed by atoms with E-state index in [1.165, 1.54) is 0 Å². The van der Waals surface area contributed by atoms with Gasteiger partial charge in [0.15, 0.2) is 0 Å². The Bertz CT molecular complexity index is 557. The summed E-state index contributed by atoms with van der Waals surface area (Å²) in [6.45, 7) is 5.51. The van der Waals surface area contributed by atoms with Crippen molar-refractivity contribution in [2.75, 3.05) is 26.7 Å². The molecule has 2 atom stereocenters. The summed E-state index contributed by atoms with van der Waals surface area (Å²) >= 11 is 0. The summed E-state index contributed by atoms with van der Waals surface area (Å²) in [4.78, 5) is 0.358. The highest BCUT2D eigenvalue weighted by Crippen LogP contribution is 2.22. The first-order chi connectivity index (χ1) is 9.95. The number of hydrogen-bond acceptors (Lipinski definition) is 4. The van der Waals surface area contributed by atoms with E-state index in [1.54, 1.807) is 16.4 Å². The lowest BCUT2D eigenvalue weighted by Gasteiger charge is -2.35. The Morgan fingerprint density at radius 3 is 2.57 bits per heavy atom. The molecule has 1 N–H and O–H groups in total. The normalized spacial score (nSPS) is 24.1. The summed E-state index contributed by atoms with van der Waals surface area (Å²) in [5.74, 6) is 0. The maximum atomic E-state index is 12.7.